The molecule has 122 valence electrons. The molecule has 0 saturated heterocycles. The summed E-state index contributed by atoms with van der Waals surface area (Å²) >= 11 is 3.50. The van der Waals surface area contributed by atoms with Crippen molar-refractivity contribution in [1.82, 2.24) is 4.90 Å². The summed E-state index contributed by atoms with van der Waals surface area (Å²) in [7, 11) is 1.82. The molecule has 1 aromatic carbocycles. The summed E-state index contributed by atoms with van der Waals surface area (Å²) in [4.78, 5) is 27.4. The summed E-state index contributed by atoms with van der Waals surface area (Å²) in [5, 5.41) is 0. The van der Waals surface area contributed by atoms with Crippen molar-refractivity contribution in [3.8, 4) is 0 Å². The molecule has 5 heteroatoms. The molecule has 0 aliphatic heterocycles. The Morgan fingerprint density at radius 3 is 2.45 bits per heavy atom. The first-order chi connectivity index (χ1) is 10.4. The SMILES string of the molecule is CCCCN(C)C(=O)CCN(C(C)=O)c1ccc(C)cc1Br. The number of unbranched alkanes of at least 4 members (excludes halogenated alkanes) is 1. The maximum atomic E-state index is 12.1. The van der Waals surface area contributed by atoms with Gasteiger partial charge in [-0.25, -0.2) is 0 Å². The van der Waals surface area contributed by atoms with Crippen molar-refractivity contribution in [1.29, 1.82) is 0 Å². The summed E-state index contributed by atoms with van der Waals surface area (Å²) in [6.45, 7) is 6.79. The smallest absolute Gasteiger partial charge is 0.224 e. The van der Waals surface area contributed by atoms with Crippen LogP contribution >= 0.6 is 15.9 Å². The van der Waals surface area contributed by atoms with Gasteiger partial charge in [-0.2, -0.15) is 0 Å². The lowest BCUT2D eigenvalue weighted by atomic mass is 10.2. The van der Waals surface area contributed by atoms with Crippen LogP contribution in [0.15, 0.2) is 22.7 Å². The Bertz CT molecular complexity index is 531. The lowest BCUT2D eigenvalue weighted by Gasteiger charge is -2.24. The van der Waals surface area contributed by atoms with Gasteiger partial charge in [0, 0.05) is 38.0 Å². The van der Waals surface area contributed by atoms with E-state index in [2.05, 4.69) is 22.9 Å². The van der Waals surface area contributed by atoms with E-state index in [1.165, 1.54) is 6.92 Å². The van der Waals surface area contributed by atoms with Crippen LogP contribution in [-0.4, -0.2) is 36.9 Å². The normalized spacial score (nSPS) is 10.4. The molecule has 0 N–H and O–H groups in total. The Kier molecular flexibility index (Phi) is 7.59. The second-order valence-electron chi connectivity index (χ2n) is 5.54. The van der Waals surface area contributed by atoms with Gasteiger partial charge in [0.25, 0.3) is 0 Å². The van der Waals surface area contributed by atoms with E-state index in [9.17, 15) is 9.59 Å². The van der Waals surface area contributed by atoms with Gasteiger partial charge < -0.3 is 9.80 Å². The summed E-state index contributed by atoms with van der Waals surface area (Å²) in [6, 6.07) is 5.85. The van der Waals surface area contributed by atoms with Crippen LogP contribution in [0.25, 0.3) is 0 Å². The predicted octanol–water partition coefficient (Wildman–Crippen LogP) is 3.76. The van der Waals surface area contributed by atoms with Crippen LogP contribution in [0, 0.1) is 6.92 Å². The van der Waals surface area contributed by atoms with E-state index in [1.54, 1.807) is 9.80 Å². The van der Waals surface area contributed by atoms with E-state index >= 15 is 0 Å². The molecule has 0 bridgehead atoms. The van der Waals surface area contributed by atoms with E-state index in [0.29, 0.717) is 13.0 Å². The second-order valence-corrected chi connectivity index (χ2v) is 6.40. The molecule has 0 heterocycles. The molecule has 0 saturated carbocycles. The molecule has 4 nitrogen and oxygen atoms in total. The highest BCUT2D eigenvalue weighted by atomic mass is 79.9. The molecule has 22 heavy (non-hydrogen) atoms. The van der Waals surface area contributed by atoms with Gasteiger partial charge in [-0.05, 0) is 47.0 Å². The third-order valence-corrected chi connectivity index (χ3v) is 4.23. The van der Waals surface area contributed by atoms with Crippen molar-refractivity contribution in [3.05, 3.63) is 28.2 Å². The molecule has 0 unspecified atom stereocenters. The Hall–Kier alpha value is -1.36. The lowest BCUT2D eigenvalue weighted by Crippen LogP contribution is -2.35. The monoisotopic (exact) mass is 368 g/mol. The number of carbonyl (C=O) groups excluding carboxylic acids is 2. The molecule has 0 aliphatic carbocycles. The maximum absolute atomic E-state index is 12.1. The predicted molar refractivity (Wildman–Crippen MR) is 94.1 cm³/mol. The fraction of sp³-hybridized carbons (Fsp3) is 0.529. The minimum absolute atomic E-state index is 0.0615. The standard InChI is InChI=1S/C17H25BrN2O2/c1-5-6-10-19(4)17(22)9-11-20(14(3)21)16-8-7-13(2)12-15(16)18/h7-8,12H,5-6,9-11H2,1-4H3. The van der Waals surface area contributed by atoms with Gasteiger partial charge in [0.15, 0.2) is 0 Å². The number of rotatable bonds is 7. The van der Waals surface area contributed by atoms with Crippen molar-refractivity contribution in [3.63, 3.8) is 0 Å². The quantitative estimate of drug-likeness (QED) is 0.734. The van der Waals surface area contributed by atoms with Gasteiger partial charge in [-0.15, -0.1) is 0 Å². The second kappa shape index (κ2) is 8.93. The first-order valence-electron chi connectivity index (χ1n) is 7.65. The number of hydrogen-bond donors (Lipinski definition) is 0. The third kappa shape index (κ3) is 5.44. The van der Waals surface area contributed by atoms with E-state index in [1.807, 2.05) is 32.2 Å². The topological polar surface area (TPSA) is 40.6 Å². The number of halogens is 1. The van der Waals surface area contributed by atoms with Gasteiger partial charge in [-0.3, -0.25) is 9.59 Å². The zero-order chi connectivity index (χ0) is 16.7. The van der Waals surface area contributed by atoms with E-state index in [4.69, 9.17) is 0 Å². The van der Waals surface area contributed by atoms with Gasteiger partial charge in [0.05, 0.1) is 5.69 Å². The largest absolute Gasteiger partial charge is 0.346 e. The highest BCUT2D eigenvalue weighted by molar-refractivity contribution is 9.10. The number of anilines is 1. The molecule has 0 aromatic heterocycles. The highest BCUT2D eigenvalue weighted by Crippen LogP contribution is 2.27. The third-order valence-electron chi connectivity index (χ3n) is 3.60. The molecule has 0 atom stereocenters. The Morgan fingerprint density at radius 2 is 1.91 bits per heavy atom. The lowest BCUT2D eigenvalue weighted by molar-refractivity contribution is -0.129. The molecule has 0 fully saturated rings. The average Bonchev–Trinajstić information content (AvgIpc) is 2.46. The van der Waals surface area contributed by atoms with E-state index in [-0.39, 0.29) is 11.8 Å². The minimum atomic E-state index is -0.0615. The zero-order valence-electron chi connectivity index (χ0n) is 13.9. The maximum Gasteiger partial charge on any atom is 0.224 e. The number of hydrogen-bond acceptors (Lipinski definition) is 2. The number of aryl methyl sites for hydroxylation is 1. The van der Waals surface area contributed by atoms with Crippen LogP contribution in [0.2, 0.25) is 0 Å². The first kappa shape index (κ1) is 18.7. The summed E-state index contributed by atoms with van der Waals surface area (Å²) in [5.41, 5.74) is 1.93. The van der Waals surface area contributed by atoms with Crippen molar-refractivity contribution < 1.29 is 9.59 Å². The van der Waals surface area contributed by atoms with Gasteiger partial charge >= 0.3 is 0 Å². The molecule has 1 rings (SSSR count). The summed E-state index contributed by atoms with van der Waals surface area (Å²) in [6.07, 6.45) is 2.40. The molecular weight excluding hydrogens is 344 g/mol. The fourth-order valence-corrected chi connectivity index (χ4v) is 2.90. The van der Waals surface area contributed by atoms with E-state index in [0.717, 1.165) is 35.1 Å². The van der Waals surface area contributed by atoms with Crippen LogP contribution in [0.4, 0.5) is 5.69 Å². The van der Waals surface area contributed by atoms with Crippen molar-refractivity contribution in [2.75, 3.05) is 25.0 Å². The van der Waals surface area contributed by atoms with E-state index < -0.39 is 0 Å². The molecule has 2 amide bonds. The summed E-state index contributed by atoms with van der Waals surface area (Å²) < 4.78 is 0.870. The van der Waals surface area contributed by atoms with Gasteiger partial charge in [0.2, 0.25) is 11.8 Å². The molecular formula is C17H25BrN2O2. The Labute approximate surface area is 141 Å². The number of carbonyl (C=O) groups is 2. The first-order valence-corrected chi connectivity index (χ1v) is 8.44. The molecule has 0 radical (unpaired) electrons. The number of nitrogens with zero attached hydrogens (tertiary/aromatic N) is 2. The highest BCUT2D eigenvalue weighted by Gasteiger charge is 2.17. The van der Waals surface area contributed by atoms with Crippen LogP contribution in [-0.2, 0) is 9.59 Å². The van der Waals surface area contributed by atoms with Crippen LogP contribution < -0.4 is 4.90 Å². The fourth-order valence-electron chi connectivity index (χ4n) is 2.20. The van der Waals surface area contributed by atoms with Crippen LogP contribution in [0.5, 0.6) is 0 Å². The zero-order valence-corrected chi connectivity index (χ0v) is 15.4. The number of amides is 2. The van der Waals surface area contributed by atoms with Crippen LogP contribution in [0.1, 0.15) is 38.7 Å². The van der Waals surface area contributed by atoms with Crippen molar-refractivity contribution in [2.24, 2.45) is 0 Å². The van der Waals surface area contributed by atoms with Crippen molar-refractivity contribution in [2.45, 2.75) is 40.0 Å². The van der Waals surface area contributed by atoms with Crippen molar-refractivity contribution >= 4 is 33.4 Å². The molecule has 1 aromatic rings. The van der Waals surface area contributed by atoms with Gasteiger partial charge in [-0.1, -0.05) is 19.4 Å². The van der Waals surface area contributed by atoms with Crippen LogP contribution in [0.3, 0.4) is 0 Å². The average molecular weight is 369 g/mol. The molecule has 0 aliphatic rings. The number of benzene rings is 1. The van der Waals surface area contributed by atoms with Gasteiger partial charge in [0.1, 0.15) is 0 Å². The Morgan fingerprint density at radius 1 is 1.23 bits per heavy atom. The minimum Gasteiger partial charge on any atom is -0.346 e. The Balaban J connectivity index is 2.73. The summed E-state index contributed by atoms with van der Waals surface area (Å²) in [5.74, 6) is 0.0106. The molecule has 0 spiro atoms.